The topological polar surface area (TPSA) is 0 Å². The molecule has 0 aromatic carbocycles. The molecule has 8 heteroatoms. The maximum atomic E-state index is 4.38. The summed E-state index contributed by atoms with van der Waals surface area (Å²) in [5.41, 5.74) is 0.206. The van der Waals surface area contributed by atoms with E-state index in [9.17, 15) is 0 Å². The first-order chi connectivity index (χ1) is 5.76. The monoisotopic (exact) mass is 313 g/mol. The van der Waals surface area contributed by atoms with E-state index in [1.807, 2.05) is 10.4 Å². The van der Waals surface area contributed by atoms with Crippen LogP contribution in [-0.2, 0) is 0 Å². The fourth-order valence-electron chi connectivity index (χ4n) is 0.581. The van der Waals surface area contributed by atoms with Crippen molar-refractivity contribution in [3.8, 4) is 0 Å². The molecule has 0 nitrogen and oxygen atoms in total. The van der Waals surface area contributed by atoms with Crippen LogP contribution in [0, 0.1) is 0 Å². The summed E-state index contributed by atoms with van der Waals surface area (Å²) in [5, 5.41) is 0. The lowest BCUT2D eigenvalue weighted by atomic mass is 11.0. The van der Waals surface area contributed by atoms with Crippen LogP contribution in [0.15, 0.2) is 0 Å². The zero-order valence-electron chi connectivity index (χ0n) is 6.80. The zero-order chi connectivity index (χ0) is 9.03. The van der Waals surface area contributed by atoms with Crippen LogP contribution in [0.1, 0.15) is 13.8 Å². The molecule has 1 fully saturated rings. The van der Waals surface area contributed by atoms with Gasteiger partial charge in [-0.2, -0.15) is 0 Å². The highest BCUT2D eigenvalue weighted by Gasteiger charge is 2.59. The molecule has 1 heterocycles. The van der Waals surface area contributed by atoms with Gasteiger partial charge in [0.2, 0.25) is 0 Å². The smallest absolute Gasteiger partial charge is 0.106 e. The predicted octanol–water partition coefficient (Wildman–Crippen LogP) is 6.46. The van der Waals surface area contributed by atoms with Gasteiger partial charge in [0.25, 0.3) is 4.07 Å². The van der Waals surface area contributed by atoms with E-state index in [0.717, 1.165) is 0 Å². The SMILES string of the molecule is CCSP1S[P+](SS)(SCC)S1. The fraction of sp³-hybridized carbons (Fsp3) is 1.00. The van der Waals surface area contributed by atoms with Gasteiger partial charge in [0, 0.05) is 5.75 Å². The summed E-state index contributed by atoms with van der Waals surface area (Å²) < 4.78 is -0.798. The van der Waals surface area contributed by atoms with Crippen molar-refractivity contribution in [3.05, 3.63) is 0 Å². The molecular weight excluding hydrogens is 302 g/mol. The Balaban J connectivity index is 2.25. The van der Waals surface area contributed by atoms with Crippen LogP contribution in [0.2, 0.25) is 0 Å². The van der Waals surface area contributed by atoms with Crippen LogP contribution < -0.4 is 0 Å². The largest absolute Gasteiger partial charge is 0.272 e. The van der Waals surface area contributed by atoms with Crippen molar-refractivity contribution >= 4 is 76.4 Å². The summed E-state index contributed by atoms with van der Waals surface area (Å²) in [6.45, 7) is 4.48. The summed E-state index contributed by atoms with van der Waals surface area (Å²) >= 11 is 13.1. The lowest BCUT2D eigenvalue weighted by molar-refractivity contribution is 1.54. The summed E-state index contributed by atoms with van der Waals surface area (Å²) in [6, 6.07) is 0. The van der Waals surface area contributed by atoms with E-state index in [-0.39, 0.29) is 5.53 Å². The summed E-state index contributed by atoms with van der Waals surface area (Å²) in [4.78, 5) is 0. The molecule has 0 aromatic heterocycles. The molecular formula is C4H11P2S6+. The van der Waals surface area contributed by atoms with Gasteiger partial charge in [-0.05, 0) is 5.75 Å². The lowest BCUT2D eigenvalue weighted by Crippen LogP contribution is -1.77. The number of hydrogen-bond acceptors (Lipinski definition) is 6. The third kappa shape index (κ3) is 3.52. The minimum absolute atomic E-state index is 0.206. The lowest BCUT2D eigenvalue weighted by Gasteiger charge is -2.29. The summed E-state index contributed by atoms with van der Waals surface area (Å²) in [5.74, 6) is 2.50. The molecule has 0 atom stereocenters. The maximum absolute atomic E-state index is 4.38. The minimum atomic E-state index is -0.798. The number of thiol groups is 1. The van der Waals surface area contributed by atoms with Crippen LogP contribution in [0.25, 0.3) is 0 Å². The first-order valence-electron chi connectivity index (χ1n) is 3.45. The molecule has 1 aliphatic heterocycles. The molecule has 0 amide bonds. The third-order valence-electron chi connectivity index (χ3n) is 0.955. The van der Waals surface area contributed by atoms with Crippen molar-refractivity contribution in [2.24, 2.45) is 0 Å². The Labute approximate surface area is 101 Å². The first kappa shape index (κ1) is 13.0. The quantitative estimate of drug-likeness (QED) is 0.350. The second kappa shape index (κ2) is 6.52. The Kier molecular flexibility index (Phi) is 7.08. The standard InChI is InChI=1S/C4H10P2S6/c1-3-8-5-10-6(11-5,12-7)9-4-2/h3-4H2,1-2H3/p+1. The number of hydrogen-bond donors (Lipinski definition) is 1. The van der Waals surface area contributed by atoms with Crippen LogP contribution in [0.5, 0.6) is 0 Å². The number of rotatable bonds is 5. The average Bonchev–Trinajstić information content (AvgIpc) is 2.01. The van der Waals surface area contributed by atoms with Crippen molar-refractivity contribution < 1.29 is 0 Å². The highest BCUT2D eigenvalue weighted by Crippen LogP contribution is 3.18. The molecule has 0 saturated carbocycles. The van der Waals surface area contributed by atoms with Crippen LogP contribution >= 0.6 is 76.4 Å². The van der Waals surface area contributed by atoms with Crippen LogP contribution in [0.3, 0.4) is 0 Å². The molecule has 0 unspecified atom stereocenters. The molecule has 72 valence electrons. The Bertz CT molecular complexity index is 138. The van der Waals surface area contributed by atoms with E-state index in [0.29, 0.717) is 0 Å². The van der Waals surface area contributed by atoms with Crippen molar-refractivity contribution in [1.82, 2.24) is 0 Å². The Morgan fingerprint density at radius 2 is 2.00 bits per heavy atom. The van der Waals surface area contributed by atoms with Gasteiger partial charge in [0.05, 0.1) is 11.4 Å². The molecule has 0 bridgehead atoms. The molecule has 1 saturated heterocycles. The molecule has 0 aromatic rings. The summed E-state index contributed by atoms with van der Waals surface area (Å²) in [7, 11) is 1.81. The summed E-state index contributed by atoms with van der Waals surface area (Å²) in [6.07, 6.45) is 0. The Hall–Kier alpha value is 2.96. The highest BCUT2D eigenvalue weighted by atomic mass is 34.0. The first-order valence-corrected chi connectivity index (χ1v) is 16.3. The van der Waals surface area contributed by atoms with Gasteiger partial charge in [-0.15, -0.1) is 11.4 Å². The van der Waals surface area contributed by atoms with E-state index in [1.54, 1.807) is 0 Å². The molecule has 0 aliphatic carbocycles. The van der Waals surface area contributed by atoms with E-state index in [2.05, 4.69) is 70.3 Å². The van der Waals surface area contributed by atoms with Gasteiger partial charge in [-0.1, -0.05) is 25.5 Å². The molecule has 0 N–H and O–H groups in total. The second-order valence-electron chi connectivity index (χ2n) is 1.75. The van der Waals surface area contributed by atoms with Crippen LogP contribution in [0.4, 0.5) is 0 Å². The fourth-order valence-corrected chi connectivity index (χ4v) is 59.7. The van der Waals surface area contributed by atoms with Crippen molar-refractivity contribution in [1.29, 1.82) is 0 Å². The molecule has 0 spiro atoms. The van der Waals surface area contributed by atoms with E-state index >= 15 is 0 Å². The minimum Gasteiger partial charge on any atom is -0.106 e. The Morgan fingerprint density at radius 3 is 2.42 bits per heavy atom. The average molecular weight is 313 g/mol. The van der Waals surface area contributed by atoms with Gasteiger partial charge in [-0.25, -0.2) is 0 Å². The van der Waals surface area contributed by atoms with Gasteiger partial charge >= 0.3 is 0 Å². The molecule has 1 rings (SSSR count). The van der Waals surface area contributed by atoms with Gasteiger partial charge in [0.15, 0.2) is 5.53 Å². The van der Waals surface area contributed by atoms with E-state index in [1.165, 1.54) is 11.5 Å². The van der Waals surface area contributed by atoms with Crippen LogP contribution in [-0.4, -0.2) is 11.5 Å². The normalized spacial score (nSPS) is 34.8. The highest BCUT2D eigenvalue weighted by molar-refractivity contribution is 9.70. The van der Waals surface area contributed by atoms with Crippen molar-refractivity contribution in [2.75, 3.05) is 11.5 Å². The van der Waals surface area contributed by atoms with Gasteiger partial charge < -0.3 is 0 Å². The molecule has 0 radical (unpaired) electrons. The Morgan fingerprint density at radius 1 is 1.33 bits per heavy atom. The molecule has 12 heavy (non-hydrogen) atoms. The van der Waals surface area contributed by atoms with Gasteiger partial charge in [-0.3, -0.25) is 0 Å². The third-order valence-corrected chi connectivity index (χ3v) is 44.5. The van der Waals surface area contributed by atoms with E-state index < -0.39 is 4.07 Å². The van der Waals surface area contributed by atoms with Crippen molar-refractivity contribution in [2.45, 2.75) is 13.8 Å². The second-order valence-corrected chi connectivity index (χ2v) is 28.8. The predicted molar refractivity (Wildman–Crippen MR) is 81.9 cm³/mol. The van der Waals surface area contributed by atoms with Gasteiger partial charge in [0.1, 0.15) is 32.4 Å². The zero-order valence-corrected chi connectivity index (χ0v) is 13.6. The molecule has 1 aliphatic rings. The van der Waals surface area contributed by atoms with Crippen molar-refractivity contribution in [3.63, 3.8) is 0 Å². The maximum Gasteiger partial charge on any atom is 0.272 e. The van der Waals surface area contributed by atoms with E-state index in [4.69, 9.17) is 0 Å².